The van der Waals surface area contributed by atoms with Crippen LogP contribution in [0.1, 0.15) is 32.2 Å². The van der Waals surface area contributed by atoms with Crippen LogP contribution in [-0.2, 0) is 16.0 Å². The van der Waals surface area contributed by atoms with E-state index in [0.717, 1.165) is 11.1 Å². The zero-order valence-electron chi connectivity index (χ0n) is 15.7. The van der Waals surface area contributed by atoms with E-state index in [-0.39, 0.29) is 17.7 Å². The lowest BCUT2D eigenvalue weighted by Gasteiger charge is -2.09. The molecule has 1 aromatic heterocycles. The van der Waals surface area contributed by atoms with E-state index in [1.54, 1.807) is 12.1 Å². The first-order valence-corrected chi connectivity index (χ1v) is 8.45. The van der Waals surface area contributed by atoms with Crippen molar-refractivity contribution in [3.8, 4) is 11.4 Å². The average molecular weight is 381 g/mol. The van der Waals surface area contributed by atoms with E-state index in [0.29, 0.717) is 17.4 Å². The van der Waals surface area contributed by atoms with Gasteiger partial charge in [0.05, 0.1) is 31.9 Å². The van der Waals surface area contributed by atoms with Crippen molar-refractivity contribution in [2.24, 2.45) is 0 Å². The molecule has 144 valence electrons. The smallest absolute Gasteiger partial charge is 0.337 e. The van der Waals surface area contributed by atoms with Gasteiger partial charge in [0, 0.05) is 11.3 Å². The van der Waals surface area contributed by atoms with Crippen LogP contribution in [0.2, 0.25) is 0 Å². The zero-order valence-corrected chi connectivity index (χ0v) is 15.7. The highest BCUT2D eigenvalue weighted by Gasteiger charge is 2.15. The van der Waals surface area contributed by atoms with Crippen LogP contribution in [0.3, 0.4) is 0 Å². The second-order valence-corrected chi connectivity index (χ2v) is 6.02. The van der Waals surface area contributed by atoms with Crippen molar-refractivity contribution in [2.75, 3.05) is 19.5 Å². The van der Waals surface area contributed by atoms with Crippen molar-refractivity contribution in [1.82, 2.24) is 10.1 Å². The molecule has 0 unspecified atom stereocenters. The highest BCUT2D eigenvalue weighted by Crippen LogP contribution is 2.20. The summed E-state index contributed by atoms with van der Waals surface area (Å²) in [5.41, 5.74) is 2.91. The molecule has 0 fully saturated rings. The van der Waals surface area contributed by atoms with Gasteiger partial charge in [-0.15, -0.1) is 0 Å². The molecule has 0 atom stereocenters. The lowest BCUT2D eigenvalue weighted by molar-refractivity contribution is 0.0599. The molecular formula is C20H19N3O5. The average Bonchev–Trinajstić information content (AvgIpc) is 3.20. The third-order valence-corrected chi connectivity index (χ3v) is 3.96. The van der Waals surface area contributed by atoms with Crippen LogP contribution in [-0.4, -0.2) is 36.3 Å². The fourth-order valence-corrected chi connectivity index (χ4v) is 2.61. The molecule has 0 spiro atoms. The Morgan fingerprint density at radius 3 is 2.32 bits per heavy atom. The molecule has 1 N–H and O–H groups in total. The molecule has 0 aliphatic carbocycles. The summed E-state index contributed by atoms with van der Waals surface area (Å²) in [5, 5.41) is 7.05. The molecular weight excluding hydrogens is 362 g/mol. The number of hydrogen-bond donors (Lipinski definition) is 1. The van der Waals surface area contributed by atoms with Gasteiger partial charge >= 0.3 is 11.9 Å². The SMILES string of the molecule is COC(=O)c1cc(NCc2nc(-c3cccc(C)c3)no2)cc(C(=O)OC)c1. The van der Waals surface area contributed by atoms with E-state index in [1.165, 1.54) is 20.3 Å². The zero-order chi connectivity index (χ0) is 20.1. The summed E-state index contributed by atoms with van der Waals surface area (Å²) in [4.78, 5) is 28.1. The highest BCUT2D eigenvalue weighted by molar-refractivity contribution is 5.96. The second kappa shape index (κ2) is 8.34. The number of aromatic nitrogens is 2. The van der Waals surface area contributed by atoms with Crippen LogP contribution in [0, 0.1) is 6.92 Å². The van der Waals surface area contributed by atoms with Crippen LogP contribution >= 0.6 is 0 Å². The number of rotatable bonds is 6. The van der Waals surface area contributed by atoms with Gasteiger partial charge in [0.25, 0.3) is 0 Å². The highest BCUT2D eigenvalue weighted by atomic mass is 16.5. The Hall–Kier alpha value is -3.68. The number of carbonyl (C=O) groups is 2. The third kappa shape index (κ3) is 4.35. The van der Waals surface area contributed by atoms with Gasteiger partial charge in [0.15, 0.2) is 0 Å². The van der Waals surface area contributed by atoms with E-state index in [1.807, 2.05) is 31.2 Å². The Kier molecular flexibility index (Phi) is 5.69. The van der Waals surface area contributed by atoms with Crippen molar-refractivity contribution in [3.05, 3.63) is 65.0 Å². The van der Waals surface area contributed by atoms with Gasteiger partial charge in [-0.1, -0.05) is 28.9 Å². The fraction of sp³-hybridized carbons (Fsp3) is 0.200. The molecule has 8 heteroatoms. The largest absolute Gasteiger partial charge is 0.465 e. The number of carbonyl (C=O) groups excluding carboxylic acids is 2. The van der Waals surface area contributed by atoms with Crippen molar-refractivity contribution in [2.45, 2.75) is 13.5 Å². The van der Waals surface area contributed by atoms with Gasteiger partial charge in [-0.3, -0.25) is 0 Å². The van der Waals surface area contributed by atoms with E-state index >= 15 is 0 Å². The quantitative estimate of drug-likeness (QED) is 0.649. The number of nitrogens with zero attached hydrogens (tertiary/aromatic N) is 2. The first-order chi connectivity index (χ1) is 13.5. The van der Waals surface area contributed by atoms with Crippen molar-refractivity contribution >= 4 is 17.6 Å². The van der Waals surface area contributed by atoms with Gasteiger partial charge < -0.3 is 19.3 Å². The van der Waals surface area contributed by atoms with Gasteiger partial charge in [-0.2, -0.15) is 4.98 Å². The predicted molar refractivity (Wildman–Crippen MR) is 101 cm³/mol. The standard InChI is InChI=1S/C20H19N3O5/c1-12-5-4-6-13(7-12)18-22-17(28-23-18)11-21-16-9-14(19(24)26-2)8-15(10-16)20(25)27-3/h4-10,21H,11H2,1-3H3. The van der Waals surface area contributed by atoms with Gasteiger partial charge in [0.2, 0.25) is 11.7 Å². The molecule has 3 aromatic rings. The third-order valence-electron chi connectivity index (χ3n) is 3.96. The number of aryl methyl sites for hydroxylation is 1. The minimum Gasteiger partial charge on any atom is -0.465 e. The monoisotopic (exact) mass is 381 g/mol. The number of methoxy groups -OCH3 is 2. The number of ether oxygens (including phenoxy) is 2. The maximum absolute atomic E-state index is 11.8. The van der Waals surface area contributed by atoms with Crippen LogP contribution in [0.15, 0.2) is 47.0 Å². The van der Waals surface area contributed by atoms with Crippen LogP contribution in [0.4, 0.5) is 5.69 Å². The molecule has 0 amide bonds. The van der Waals surface area contributed by atoms with Crippen LogP contribution < -0.4 is 5.32 Å². The molecule has 28 heavy (non-hydrogen) atoms. The summed E-state index contributed by atoms with van der Waals surface area (Å²) in [6, 6.07) is 12.3. The molecule has 8 nitrogen and oxygen atoms in total. The van der Waals surface area contributed by atoms with E-state index in [9.17, 15) is 9.59 Å². The summed E-state index contributed by atoms with van der Waals surface area (Å²) in [7, 11) is 2.54. The number of esters is 2. The molecule has 0 saturated carbocycles. The van der Waals surface area contributed by atoms with Crippen molar-refractivity contribution in [3.63, 3.8) is 0 Å². The minimum absolute atomic E-state index is 0.212. The molecule has 0 bridgehead atoms. The Morgan fingerprint density at radius 2 is 1.71 bits per heavy atom. The summed E-state index contributed by atoms with van der Waals surface area (Å²) < 4.78 is 14.7. The lowest BCUT2D eigenvalue weighted by atomic mass is 10.1. The van der Waals surface area contributed by atoms with Crippen molar-refractivity contribution in [1.29, 1.82) is 0 Å². The summed E-state index contributed by atoms with van der Waals surface area (Å²) in [6.45, 7) is 2.20. The molecule has 2 aromatic carbocycles. The molecule has 0 radical (unpaired) electrons. The minimum atomic E-state index is -0.562. The Balaban J connectivity index is 1.78. The van der Waals surface area contributed by atoms with Gasteiger partial charge in [-0.05, 0) is 31.2 Å². The maximum Gasteiger partial charge on any atom is 0.337 e. The Bertz CT molecular complexity index is 978. The lowest BCUT2D eigenvalue weighted by Crippen LogP contribution is -2.09. The molecule has 0 aliphatic heterocycles. The van der Waals surface area contributed by atoms with E-state index in [2.05, 4.69) is 15.5 Å². The number of hydrogen-bond acceptors (Lipinski definition) is 8. The number of benzene rings is 2. The molecule has 3 rings (SSSR count). The first-order valence-electron chi connectivity index (χ1n) is 8.45. The van der Waals surface area contributed by atoms with Crippen LogP contribution in [0.25, 0.3) is 11.4 Å². The van der Waals surface area contributed by atoms with Crippen LogP contribution in [0.5, 0.6) is 0 Å². The molecule has 1 heterocycles. The molecule has 0 aliphatic rings. The van der Waals surface area contributed by atoms with E-state index < -0.39 is 11.9 Å². The van der Waals surface area contributed by atoms with Gasteiger partial charge in [-0.25, -0.2) is 9.59 Å². The van der Waals surface area contributed by atoms with Crippen molar-refractivity contribution < 1.29 is 23.6 Å². The second-order valence-electron chi connectivity index (χ2n) is 6.02. The number of anilines is 1. The van der Waals surface area contributed by atoms with Gasteiger partial charge in [0.1, 0.15) is 0 Å². The Labute approximate surface area is 161 Å². The maximum atomic E-state index is 11.8. The summed E-state index contributed by atoms with van der Waals surface area (Å²) >= 11 is 0. The summed E-state index contributed by atoms with van der Waals surface area (Å²) in [6.07, 6.45) is 0. The summed E-state index contributed by atoms with van der Waals surface area (Å²) in [5.74, 6) is -0.277. The first kappa shape index (κ1) is 19.1. The topological polar surface area (TPSA) is 104 Å². The normalized spacial score (nSPS) is 10.4. The Morgan fingerprint density at radius 1 is 1.04 bits per heavy atom. The molecule has 0 saturated heterocycles. The van der Waals surface area contributed by atoms with E-state index in [4.69, 9.17) is 14.0 Å². The fourth-order valence-electron chi connectivity index (χ4n) is 2.61. The predicted octanol–water partition coefficient (Wildman–Crippen LogP) is 3.23. The number of nitrogens with one attached hydrogen (secondary N) is 1.